The highest BCUT2D eigenvalue weighted by molar-refractivity contribution is 7.89. The van der Waals surface area contributed by atoms with Gasteiger partial charge in [-0.15, -0.1) is 10.2 Å². The summed E-state index contributed by atoms with van der Waals surface area (Å²) in [6.45, 7) is 0.799. The van der Waals surface area contributed by atoms with Crippen LogP contribution in [0.2, 0.25) is 0 Å². The van der Waals surface area contributed by atoms with Crippen molar-refractivity contribution in [2.75, 3.05) is 18.9 Å². The van der Waals surface area contributed by atoms with Crippen LogP contribution in [0.15, 0.2) is 29.2 Å². The van der Waals surface area contributed by atoms with Gasteiger partial charge in [-0.2, -0.15) is 4.31 Å². The van der Waals surface area contributed by atoms with Gasteiger partial charge < -0.3 is 0 Å². The van der Waals surface area contributed by atoms with Gasteiger partial charge in [-0.3, -0.25) is 14.9 Å². The van der Waals surface area contributed by atoms with E-state index in [9.17, 15) is 26.8 Å². The SMILES string of the molecule is CC(=O)c1ccc(S(=O)(=O)N(C)CC(=O)Nc2nnc(C(F)F)s2)cc1. The molecule has 0 saturated carbocycles. The Morgan fingerprint density at radius 3 is 2.35 bits per heavy atom. The maximum Gasteiger partial charge on any atom is 0.291 e. The molecule has 0 fully saturated rings. The van der Waals surface area contributed by atoms with E-state index in [0.717, 1.165) is 4.31 Å². The average Bonchev–Trinajstić information content (AvgIpc) is 3.03. The maximum atomic E-state index is 12.4. The highest BCUT2D eigenvalue weighted by atomic mass is 32.2. The van der Waals surface area contributed by atoms with Gasteiger partial charge in [0.15, 0.2) is 10.8 Å². The number of benzene rings is 1. The molecule has 1 amide bonds. The largest absolute Gasteiger partial charge is 0.299 e. The molecule has 0 spiro atoms. The highest BCUT2D eigenvalue weighted by Gasteiger charge is 2.24. The van der Waals surface area contributed by atoms with Crippen LogP contribution in [0.3, 0.4) is 0 Å². The Morgan fingerprint density at radius 2 is 1.85 bits per heavy atom. The van der Waals surface area contributed by atoms with E-state index in [2.05, 4.69) is 15.5 Å². The van der Waals surface area contributed by atoms with Crippen molar-refractivity contribution >= 4 is 38.2 Å². The molecule has 0 saturated heterocycles. The number of carbonyl (C=O) groups excluding carboxylic acids is 2. The molecule has 2 aromatic rings. The number of carbonyl (C=O) groups is 2. The number of anilines is 1. The predicted octanol–water partition coefficient (Wildman–Crippen LogP) is 1.94. The van der Waals surface area contributed by atoms with Crippen molar-refractivity contribution < 1.29 is 26.8 Å². The third-order valence-electron chi connectivity index (χ3n) is 3.21. The molecule has 8 nitrogen and oxygen atoms in total. The number of alkyl halides is 2. The van der Waals surface area contributed by atoms with E-state index in [1.807, 2.05) is 0 Å². The number of likely N-dealkylation sites (N-methyl/N-ethyl adjacent to an activating group) is 1. The Labute approximate surface area is 151 Å². The van der Waals surface area contributed by atoms with Crippen molar-refractivity contribution in [3.8, 4) is 0 Å². The smallest absolute Gasteiger partial charge is 0.291 e. The second-order valence-corrected chi connectivity index (χ2v) is 8.19. The van der Waals surface area contributed by atoms with Gasteiger partial charge in [-0.1, -0.05) is 23.5 Å². The number of halogens is 2. The molecule has 12 heteroatoms. The molecular weight excluding hydrogens is 390 g/mol. The normalized spacial score (nSPS) is 11.8. The zero-order chi connectivity index (χ0) is 19.5. The number of aromatic nitrogens is 2. The number of sulfonamides is 1. The molecule has 0 unspecified atom stereocenters. The summed E-state index contributed by atoms with van der Waals surface area (Å²) in [4.78, 5) is 23.1. The van der Waals surface area contributed by atoms with E-state index in [0.29, 0.717) is 16.9 Å². The lowest BCUT2D eigenvalue weighted by molar-refractivity contribution is -0.116. The molecule has 1 aromatic heterocycles. The minimum absolute atomic E-state index is 0.0892. The van der Waals surface area contributed by atoms with E-state index in [-0.39, 0.29) is 15.8 Å². The third kappa shape index (κ3) is 4.65. The van der Waals surface area contributed by atoms with Crippen LogP contribution in [0, 0.1) is 0 Å². The van der Waals surface area contributed by atoms with Crippen molar-refractivity contribution in [3.05, 3.63) is 34.8 Å². The van der Waals surface area contributed by atoms with Crippen LogP contribution >= 0.6 is 11.3 Å². The molecule has 0 aliphatic rings. The number of nitrogens with one attached hydrogen (secondary N) is 1. The first-order valence-electron chi connectivity index (χ1n) is 7.10. The standard InChI is InChI=1S/C14H14F2N4O4S2/c1-8(21)9-3-5-10(6-4-9)26(23,24)20(2)7-11(22)17-14-19-18-13(25-14)12(15)16/h3-6,12H,7H2,1-2H3,(H,17,19,22). The summed E-state index contributed by atoms with van der Waals surface area (Å²) in [7, 11) is -2.78. The van der Waals surface area contributed by atoms with Gasteiger partial charge in [0.05, 0.1) is 11.4 Å². The van der Waals surface area contributed by atoms with Crippen molar-refractivity contribution in [2.24, 2.45) is 0 Å². The Morgan fingerprint density at radius 1 is 1.23 bits per heavy atom. The summed E-state index contributed by atoms with van der Waals surface area (Å²) in [5, 5.41) is 8.12. The zero-order valence-electron chi connectivity index (χ0n) is 13.6. The lowest BCUT2D eigenvalue weighted by Crippen LogP contribution is -2.35. The molecule has 0 aliphatic heterocycles. The maximum absolute atomic E-state index is 12.4. The molecular formula is C14H14F2N4O4S2. The predicted molar refractivity (Wildman–Crippen MR) is 89.8 cm³/mol. The number of hydrogen-bond acceptors (Lipinski definition) is 7. The van der Waals surface area contributed by atoms with Crippen LogP contribution in [0.1, 0.15) is 28.7 Å². The van der Waals surface area contributed by atoms with Crippen molar-refractivity contribution in [3.63, 3.8) is 0 Å². The van der Waals surface area contributed by atoms with Gasteiger partial charge >= 0.3 is 0 Å². The van der Waals surface area contributed by atoms with Crippen LogP contribution in [0.4, 0.5) is 13.9 Å². The van der Waals surface area contributed by atoms with Crippen LogP contribution in [-0.2, 0) is 14.8 Å². The lowest BCUT2D eigenvalue weighted by Gasteiger charge is -2.16. The number of amides is 1. The van der Waals surface area contributed by atoms with E-state index >= 15 is 0 Å². The molecule has 0 atom stereocenters. The number of ketones is 1. The molecule has 2 rings (SSSR count). The average molecular weight is 404 g/mol. The summed E-state index contributed by atoms with van der Waals surface area (Å²) < 4.78 is 50.5. The van der Waals surface area contributed by atoms with Gasteiger partial charge in [0, 0.05) is 12.6 Å². The molecule has 0 aliphatic carbocycles. The molecule has 1 aromatic carbocycles. The van der Waals surface area contributed by atoms with Gasteiger partial charge in [0.2, 0.25) is 21.1 Å². The third-order valence-corrected chi connectivity index (χ3v) is 5.87. The first-order chi connectivity index (χ1) is 12.1. The topological polar surface area (TPSA) is 109 Å². The Balaban J connectivity index is 2.05. The van der Waals surface area contributed by atoms with Crippen LogP contribution < -0.4 is 5.32 Å². The van der Waals surface area contributed by atoms with Crippen LogP contribution in [0.5, 0.6) is 0 Å². The summed E-state index contributed by atoms with van der Waals surface area (Å²) in [5.41, 5.74) is 0.357. The number of rotatable bonds is 7. The van der Waals surface area contributed by atoms with Crippen LogP contribution in [0.25, 0.3) is 0 Å². The van der Waals surface area contributed by atoms with Gasteiger partial charge in [-0.25, -0.2) is 17.2 Å². The van der Waals surface area contributed by atoms with E-state index in [1.54, 1.807) is 0 Å². The van der Waals surface area contributed by atoms with Crippen molar-refractivity contribution in [1.29, 1.82) is 0 Å². The zero-order valence-corrected chi connectivity index (χ0v) is 15.3. The Bertz CT molecular complexity index is 913. The Hall–Kier alpha value is -2.31. The van der Waals surface area contributed by atoms with Crippen molar-refractivity contribution in [1.82, 2.24) is 14.5 Å². The van der Waals surface area contributed by atoms with Crippen LogP contribution in [-0.4, -0.2) is 48.2 Å². The minimum Gasteiger partial charge on any atom is -0.299 e. The summed E-state index contributed by atoms with van der Waals surface area (Å²) in [5.74, 6) is -0.963. The minimum atomic E-state index is -3.97. The van der Waals surface area contributed by atoms with E-state index in [4.69, 9.17) is 0 Å². The number of nitrogens with zero attached hydrogens (tertiary/aromatic N) is 3. The fraction of sp³-hybridized carbons (Fsp3) is 0.286. The Kier molecular flexibility index (Phi) is 6.10. The van der Waals surface area contributed by atoms with Gasteiger partial charge in [0.25, 0.3) is 6.43 Å². The second-order valence-electron chi connectivity index (χ2n) is 5.14. The molecule has 1 heterocycles. The second kappa shape index (κ2) is 7.93. The lowest BCUT2D eigenvalue weighted by atomic mass is 10.2. The van der Waals surface area contributed by atoms with Crippen molar-refractivity contribution in [2.45, 2.75) is 18.2 Å². The molecule has 1 N–H and O–H groups in total. The number of hydrogen-bond donors (Lipinski definition) is 1. The summed E-state index contributed by atoms with van der Waals surface area (Å²) in [6.07, 6.45) is -2.81. The van der Waals surface area contributed by atoms with E-state index in [1.165, 1.54) is 38.2 Å². The monoisotopic (exact) mass is 404 g/mol. The first-order valence-corrected chi connectivity index (χ1v) is 9.35. The fourth-order valence-corrected chi connectivity index (χ4v) is 3.60. The van der Waals surface area contributed by atoms with Gasteiger partial charge in [-0.05, 0) is 19.1 Å². The number of Topliss-reactive ketones (excluding diaryl/α,β-unsaturated/α-hetero) is 1. The quantitative estimate of drug-likeness (QED) is 0.707. The van der Waals surface area contributed by atoms with E-state index < -0.39 is 33.9 Å². The summed E-state index contributed by atoms with van der Waals surface area (Å²) >= 11 is 0.500. The molecule has 26 heavy (non-hydrogen) atoms. The van der Waals surface area contributed by atoms with Gasteiger partial charge in [0.1, 0.15) is 0 Å². The molecule has 0 radical (unpaired) electrons. The molecule has 0 bridgehead atoms. The summed E-state index contributed by atoms with van der Waals surface area (Å²) in [6, 6.07) is 5.27. The molecule has 140 valence electrons. The first kappa shape index (κ1) is 20.0. The fourth-order valence-electron chi connectivity index (χ4n) is 1.86. The highest BCUT2D eigenvalue weighted by Crippen LogP contribution is 2.25.